The summed E-state index contributed by atoms with van der Waals surface area (Å²) in [6, 6.07) is 8.92. The molecule has 1 aliphatic carbocycles. The van der Waals surface area contributed by atoms with Crippen molar-refractivity contribution < 1.29 is 4.79 Å². The zero-order valence-corrected chi connectivity index (χ0v) is 16.0. The quantitative estimate of drug-likeness (QED) is 0.802. The number of nitrogens with zero attached hydrogens (tertiary/aromatic N) is 4. The van der Waals surface area contributed by atoms with Gasteiger partial charge in [-0.3, -0.25) is 9.59 Å². The van der Waals surface area contributed by atoms with E-state index in [1.807, 2.05) is 6.07 Å². The molecular formula is C18H19ClN4O2S. The van der Waals surface area contributed by atoms with E-state index in [1.165, 1.54) is 22.3 Å². The Kier molecular flexibility index (Phi) is 5.44. The molecule has 0 N–H and O–H groups in total. The molecule has 0 atom stereocenters. The zero-order chi connectivity index (χ0) is 18.7. The molecule has 0 bridgehead atoms. The maximum Gasteiger partial charge on any atom is 0.267 e. The van der Waals surface area contributed by atoms with E-state index < -0.39 is 5.54 Å². The highest BCUT2D eigenvalue weighted by Gasteiger charge is 2.38. The predicted molar refractivity (Wildman–Crippen MR) is 101 cm³/mol. The van der Waals surface area contributed by atoms with E-state index in [9.17, 15) is 14.9 Å². The highest BCUT2D eigenvalue weighted by molar-refractivity contribution is 7.19. The van der Waals surface area contributed by atoms with E-state index in [4.69, 9.17) is 11.6 Å². The van der Waals surface area contributed by atoms with Crippen LogP contribution in [-0.2, 0) is 11.3 Å². The van der Waals surface area contributed by atoms with Crippen LogP contribution in [0.25, 0.3) is 10.6 Å². The van der Waals surface area contributed by atoms with Crippen molar-refractivity contribution >= 4 is 28.8 Å². The summed E-state index contributed by atoms with van der Waals surface area (Å²) in [5.74, 6) is -0.288. The summed E-state index contributed by atoms with van der Waals surface area (Å²) in [5.41, 5.74) is -0.546. The Labute approximate surface area is 160 Å². The summed E-state index contributed by atoms with van der Waals surface area (Å²) >= 11 is 7.31. The second-order valence-corrected chi connectivity index (χ2v) is 8.19. The number of carbonyl (C=O) groups excluding carboxylic acids is 1. The van der Waals surface area contributed by atoms with Crippen molar-refractivity contribution in [3.05, 3.63) is 39.0 Å². The second kappa shape index (κ2) is 7.60. The van der Waals surface area contributed by atoms with Gasteiger partial charge in [-0.25, -0.2) is 4.68 Å². The highest BCUT2D eigenvalue weighted by Crippen LogP contribution is 2.32. The smallest absolute Gasteiger partial charge is 0.267 e. The first-order valence-electron chi connectivity index (χ1n) is 8.47. The molecule has 6 nitrogen and oxygen atoms in total. The number of amides is 1. The maximum atomic E-state index is 12.7. The van der Waals surface area contributed by atoms with Crippen molar-refractivity contribution in [3.8, 4) is 16.6 Å². The molecule has 8 heteroatoms. The lowest BCUT2D eigenvalue weighted by Gasteiger charge is -2.39. The van der Waals surface area contributed by atoms with Crippen LogP contribution in [0.2, 0.25) is 4.34 Å². The van der Waals surface area contributed by atoms with Gasteiger partial charge >= 0.3 is 0 Å². The van der Waals surface area contributed by atoms with Gasteiger partial charge in [0.05, 0.1) is 15.3 Å². The van der Waals surface area contributed by atoms with Gasteiger partial charge in [-0.15, -0.1) is 11.3 Å². The van der Waals surface area contributed by atoms with Crippen LogP contribution in [0.4, 0.5) is 0 Å². The van der Waals surface area contributed by atoms with Gasteiger partial charge in [-0.2, -0.15) is 10.4 Å². The number of likely N-dealkylation sites (N-methyl/N-ethyl adjacent to an activating group) is 1. The molecule has 3 rings (SSSR count). The lowest BCUT2D eigenvalue weighted by molar-refractivity contribution is -0.135. The third kappa shape index (κ3) is 3.67. The molecule has 1 fully saturated rings. The fourth-order valence-electron chi connectivity index (χ4n) is 3.28. The van der Waals surface area contributed by atoms with Crippen molar-refractivity contribution in [2.75, 3.05) is 7.05 Å². The Hall–Kier alpha value is -2.17. The van der Waals surface area contributed by atoms with E-state index in [0.29, 0.717) is 22.9 Å². The Morgan fingerprint density at radius 2 is 2.08 bits per heavy atom. The van der Waals surface area contributed by atoms with E-state index in [-0.39, 0.29) is 18.0 Å². The largest absolute Gasteiger partial charge is 0.325 e. The van der Waals surface area contributed by atoms with Crippen LogP contribution in [0.5, 0.6) is 0 Å². The molecule has 2 aromatic heterocycles. The predicted octanol–water partition coefficient (Wildman–Crippen LogP) is 3.31. The number of carbonyl (C=O) groups is 1. The summed E-state index contributed by atoms with van der Waals surface area (Å²) < 4.78 is 1.78. The summed E-state index contributed by atoms with van der Waals surface area (Å²) in [6.45, 7) is -0.189. The Balaban J connectivity index is 1.83. The Bertz CT molecular complexity index is 908. The van der Waals surface area contributed by atoms with Gasteiger partial charge in [0.2, 0.25) is 5.91 Å². The van der Waals surface area contributed by atoms with Gasteiger partial charge < -0.3 is 4.90 Å². The second-order valence-electron chi connectivity index (χ2n) is 6.48. The van der Waals surface area contributed by atoms with Crippen molar-refractivity contribution in [1.29, 1.82) is 5.26 Å². The van der Waals surface area contributed by atoms with Gasteiger partial charge in [0.15, 0.2) is 0 Å². The number of thiophene rings is 1. The number of nitriles is 1. The van der Waals surface area contributed by atoms with Crippen LogP contribution in [-0.4, -0.2) is 33.2 Å². The van der Waals surface area contributed by atoms with Gasteiger partial charge in [-0.05, 0) is 31.0 Å². The van der Waals surface area contributed by atoms with Crippen LogP contribution >= 0.6 is 22.9 Å². The molecule has 136 valence electrons. The maximum absolute atomic E-state index is 12.7. The molecule has 0 spiro atoms. The molecule has 0 radical (unpaired) electrons. The van der Waals surface area contributed by atoms with Gasteiger partial charge in [0.1, 0.15) is 17.8 Å². The Morgan fingerprint density at radius 3 is 2.69 bits per heavy atom. The van der Waals surface area contributed by atoms with Gasteiger partial charge in [0.25, 0.3) is 5.56 Å². The van der Waals surface area contributed by atoms with Crippen molar-refractivity contribution in [2.45, 2.75) is 44.2 Å². The average molecular weight is 391 g/mol. The highest BCUT2D eigenvalue weighted by atomic mass is 35.5. The normalized spacial score (nSPS) is 16.0. The third-order valence-electron chi connectivity index (χ3n) is 4.88. The number of hydrogen-bond acceptors (Lipinski definition) is 5. The summed E-state index contributed by atoms with van der Waals surface area (Å²) in [7, 11) is 1.64. The SMILES string of the molecule is CN(C(=O)Cn1nc(-c2ccc(Cl)s2)ccc1=O)C1(C#N)CCCCC1. The van der Waals surface area contributed by atoms with Gasteiger partial charge in [-0.1, -0.05) is 30.9 Å². The molecule has 0 unspecified atom stereocenters. The minimum absolute atomic E-state index is 0.189. The first-order valence-corrected chi connectivity index (χ1v) is 9.66. The minimum Gasteiger partial charge on any atom is -0.325 e. The van der Waals surface area contributed by atoms with Crippen LogP contribution in [0.15, 0.2) is 29.1 Å². The lowest BCUT2D eigenvalue weighted by Crippen LogP contribution is -2.51. The van der Waals surface area contributed by atoms with Crippen molar-refractivity contribution in [3.63, 3.8) is 0 Å². The van der Waals surface area contributed by atoms with E-state index in [0.717, 1.165) is 28.8 Å². The molecule has 2 heterocycles. The molecule has 2 aromatic rings. The molecule has 0 aromatic carbocycles. The van der Waals surface area contributed by atoms with E-state index in [2.05, 4.69) is 11.2 Å². The molecule has 1 saturated carbocycles. The van der Waals surface area contributed by atoms with Gasteiger partial charge in [0, 0.05) is 13.1 Å². The molecule has 0 aliphatic heterocycles. The fourth-order valence-corrected chi connectivity index (χ4v) is 4.29. The molecular weight excluding hydrogens is 372 g/mol. The fraction of sp³-hybridized carbons (Fsp3) is 0.444. The summed E-state index contributed by atoms with van der Waals surface area (Å²) in [4.78, 5) is 27.2. The molecule has 26 heavy (non-hydrogen) atoms. The first-order chi connectivity index (χ1) is 12.4. The third-order valence-corrected chi connectivity index (χ3v) is 6.14. The topological polar surface area (TPSA) is 79.0 Å². The van der Waals surface area contributed by atoms with Crippen LogP contribution in [0.1, 0.15) is 32.1 Å². The average Bonchev–Trinajstić information content (AvgIpc) is 3.09. The van der Waals surface area contributed by atoms with E-state index >= 15 is 0 Å². The number of aromatic nitrogens is 2. The van der Waals surface area contributed by atoms with Crippen molar-refractivity contribution in [1.82, 2.24) is 14.7 Å². The first kappa shape index (κ1) is 18.6. The van der Waals surface area contributed by atoms with Crippen molar-refractivity contribution in [2.24, 2.45) is 0 Å². The standard InChI is InChI=1S/C18H19ClN4O2S/c1-22(18(12-20)9-3-2-4-10-18)17(25)11-23-16(24)8-5-13(21-23)14-6-7-15(19)26-14/h5-8H,2-4,9-11H2,1H3. The Morgan fingerprint density at radius 1 is 1.35 bits per heavy atom. The van der Waals surface area contributed by atoms with Crippen LogP contribution in [0.3, 0.4) is 0 Å². The minimum atomic E-state index is -0.780. The number of rotatable bonds is 4. The van der Waals surface area contributed by atoms with E-state index in [1.54, 1.807) is 19.2 Å². The summed E-state index contributed by atoms with van der Waals surface area (Å²) in [6.07, 6.45) is 4.28. The molecule has 1 amide bonds. The summed E-state index contributed by atoms with van der Waals surface area (Å²) in [5, 5.41) is 13.9. The number of halogens is 1. The van der Waals surface area contributed by atoms with Crippen LogP contribution < -0.4 is 5.56 Å². The monoisotopic (exact) mass is 390 g/mol. The lowest BCUT2D eigenvalue weighted by atomic mass is 9.81. The zero-order valence-electron chi connectivity index (χ0n) is 14.4. The molecule has 1 aliphatic rings. The van der Waals surface area contributed by atoms with Crippen LogP contribution in [0, 0.1) is 11.3 Å². The number of hydrogen-bond donors (Lipinski definition) is 0. The molecule has 0 saturated heterocycles.